The maximum absolute atomic E-state index is 12.3. The van der Waals surface area contributed by atoms with Crippen molar-refractivity contribution >= 4 is 17.4 Å². The Hall–Kier alpha value is -3.21. The number of amides is 1. The first kappa shape index (κ1) is 20.1. The van der Waals surface area contributed by atoms with Crippen LogP contribution in [0.3, 0.4) is 0 Å². The first-order valence-corrected chi connectivity index (χ1v) is 10.8. The Kier molecular flexibility index (Phi) is 6.70. The van der Waals surface area contributed by atoms with Gasteiger partial charge in [-0.3, -0.25) is 4.79 Å². The zero-order valence-corrected chi connectivity index (χ0v) is 17.3. The van der Waals surface area contributed by atoms with Crippen LogP contribution in [0.1, 0.15) is 37.7 Å². The minimum absolute atomic E-state index is 0.0126. The Labute approximate surface area is 178 Å². The van der Waals surface area contributed by atoms with Crippen LogP contribution in [0, 0.1) is 0 Å². The van der Waals surface area contributed by atoms with E-state index in [2.05, 4.69) is 26.5 Å². The number of aromatic nitrogens is 2. The zero-order chi connectivity index (χ0) is 20.6. The van der Waals surface area contributed by atoms with E-state index in [1.54, 1.807) is 0 Å². The number of aryl methyl sites for hydroxylation is 1. The molecule has 0 bridgehead atoms. The number of nitrogens with zero attached hydrogens (tertiary/aromatic N) is 3. The summed E-state index contributed by atoms with van der Waals surface area (Å²) >= 11 is 0. The number of nitrogens with one attached hydrogen (secondary N) is 1. The predicted molar refractivity (Wildman–Crippen MR) is 122 cm³/mol. The highest BCUT2D eigenvalue weighted by atomic mass is 16.1. The van der Waals surface area contributed by atoms with Crippen molar-refractivity contribution in [1.29, 1.82) is 0 Å². The lowest BCUT2D eigenvalue weighted by atomic mass is 10.1. The lowest BCUT2D eigenvalue weighted by molar-refractivity contribution is -0.116. The van der Waals surface area contributed by atoms with Crippen molar-refractivity contribution in [3.05, 3.63) is 72.3 Å². The van der Waals surface area contributed by atoms with E-state index in [1.807, 2.05) is 60.7 Å². The van der Waals surface area contributed by atoms with E-state index in [1.165, 1.54) is 31.2 Å². The van der Waals surface area contributed by atoms with E-state index in [0.717, 1.165) is 42.3 Å². The Morgan fingerprint density at radius 1 is 0.867 bits per heavy atom. The minimum atomic E-state index is 0.0126. The molecule has 5 nitrogen and oxygen atoms in total. The molecule has 1 amide bonds. The van der Waals surface area contributed by atoms with E-state index >= 15 is 0 Å². The predicted octanol–water partition coefficient (Wildman–Crippen LogP) is 5.10. The van der Waals surface area contributed by atoms with Crippen LogP contribution in [0.5, 0.6) is 0 Å². The van der Waals surface area contributed by atoms with Crippen molar-refractivity contribution in [2.75, 3.05) is 23.3 Å². The first-order valence-electron chi connectivity index (χ1n) is 10.8. The Morgan fingerprint density at radius 2 is 1.67 bits per heavy atom. The van der Waals surface area contributed by atoms with Crippen molar-refractivity contribution in [2.45, 2.75) is 38.5 Å². The normalized spacial score (nSPS) is 14.2. The zero-order valence-electron chi connectivity index (χ0n) is 17.3. The second-order valence-electron chi connectivity index (χ2n) is 7.79. The Morgan fingerprint density at radius 3 is 2.40 bits per heavy atom. The van der Waals surface area contributed by atoms with Gasteiger partial charge in [-0.1, -0.05) is 55.3 Å². The van der Waals surface area contributed by atoms with Gasteiger partial charge in [-0.2, -0.15) is 0 Å². The van der Waals surface area contributed by atoms with Gasteiger partial charge in [0.15, 0.2) is 5.82 Å². The molecule has 0 unspecified atom stereocenters. The van der Waals surface area contributed by atoms with E-state index < -0.39 is 0 Å². The summed E-state index contributed by atoms with van der Waals surface area (Å²) in [5.74, 6) is 0.963. The molecular formula is C25H28N4O. The smallest absolute Gasteiger partial charge is 0.224 e. The molecule has 0 saturated carbocycles. The SMILES string of the molecule is O=C(CCc1ccccc1)Nc1cccc(-c2ccc(N3CCCCCC3)nn2)c1. The number of hydrogen-bond acceptors (Lipinski definition) is 4. The summed E-state index contributed by atoms with van der Waals surface area (Å²) in [5.41, 5.74) is 3.71. The fourth-order valence-electron chi connectivity index (χ4n) is 3.83. The molecule has 4 rings (SSSR count). The number of rotatable bonds is 6. The summed E-state index contributed by atoms with van der Waals surface area (Å²) in [4.78, 5) is 14.7. The summed E-state index contributed by atoms with van der Waals surface area (Å²) in [5, 5.41) is 11.9. The average molecular weight is 401 g/mol. The van der Waals surface area contributed by atoms with E-state index in [9.17, 15) is 4.79 Å². The van der Waals surface area contributed by atoms with Crippen molar-refractivity contribution in [1.82, 2.24) is 10.2 Å². The van der Waals surface area contributed by atoms with Crippen LogP contribution in [-0.4, -0.2) is 29.2 Å². The highest BCUT2D eigenvalue weighted by Crippen LogP contribution is 2.23. The van der Waals surface area contributed by atoms with Gasteiger partial charge in [0.1, 0.15) is 0 Å². The van der Waals surface area contributed by atoms with Gasteiger partial charge < -0.3 is 10.2 Å². The number of hydrogen-bond donors (Lipinski definition) is 1. The molecule has 1 aromatic heterocycles. The van der Waals surface area contributed by atoms with Gasteiger partial charge in [0.2, 0.25) is 5.91 Å². The number of carbonyl (C=O) groups is 1. The Bertz CT molecular complexity index is 948. The molecule has 30 heavy (non-hydrogen) atoms. The van der Waals surface area contributed by atoms with Crippen LogP contribution in [0.2, 0.25) is 0 Å². The van der Waals surface area contributed by atoms with E-state index in [-0.39, 0.29) is 5.91 Å². The summed E-state index contributed by atoms with van der Waals surface area (Å²) in [6.45, 7) is 2.11. The summed E-state index contributed by atoms with van der Waals surface area (Å²) in [6, 6.07) is 21.9. The van der Waals surface area contributed by atoms with Crippen LogP contribution in [0.15, 0.2) is 66.7 Å². The third-order valence-corrected chi connectivity index (χ3v) is 5.51. The first-order chi connectivity index (χ1) is 14.8. The molecule has 154 valence electrons. The van der Waals surface area contributed by atoms with Crippen molar-refractivity contribution < 1.29 is 4.79 Å². The van der Waals surface area contributed by atoms with Gasteiger partial charge in [0.25, 0.3) is 0 Å². The third kappa shape index (κ3) is 5.44. The lowest BCUT2D eigenvalue weighted by Crippen LogP contribution is -2.25. The van der Waals surface area contributed by atoms with Crippen LogP contribution in [0.25, 0.3) is 11.3 Å². The van der Waals surface area contributed by atoms with Gasteiger partial charge in [-0.05, 0) is 49.1 Å². The van der Waals surface area contributed by atoms with Gasteiger partial charge in [0, 0.05) is 30.8 Å². The molecule has 0 atom stereocenters. The monoisotopic (exact) mass is 400 g/mol. The molecule has 0 aliphatic carbocycles. The summed E-state index contributed by atoms with van der Waals surface area (Å²) < 4.78 is 0. The maximum atomic E-state index is 12.3. The second-order valence-corrected chi connectivity index (χ2v) is 7.79. The van der Waals surface area contributed by atoms with Crippen LogP contribution < -0.4 is 10.2 Å². The van der Waals surface area contributed by atoms with Gasteiger partial charge in [-0.15, -0.1) is 10.2 Å². The molecule has 2 aromatic carbocycles. The fraction of sp³-hybridized carbons (Fsp3) is 0.320. The molecule has 1 aliphatic heterocycles. The number of benzene rings is 2. The highest BCUT2D eigenvalue weighted by Gasteiger charge is 2.12. The molecule has 1 fully saturated rings. The van der Waals surface area contributed by atoms with Crippen LogP contribution in [0.4, 0.5) is 11.5 Å². The van der Waals surface area contributed by atoms with Crippen molar-refractivity contribution in [2.24, 2.45) is 0 Å². The topological polar surface area (TPSA) is 58.1 Å². The number of carbonyl (C=O) groups excluding carboxylic acids is 1. The van der Waals surface area contributed by atoms with E-state index in [0.29, 0.717) is 6.42 Å². The molecule has 1 aliphatic rings. The van der Waals surface area contributed by atoms with Crippen molar-refractivity contribution in [3.8, 4) is 11.3 Å². The lowest BCUT2D eigenvalue weighted by Gasteiger charge is -2.20. The second kappa shape index (κ2) is 10.0. The Balaban J connectivity index is 1.38. The van der Waals surface area contributed by atoms with Crippen LogP contribution >= 0.6 is 0 Å². The van der Waals surface area contributed by atoms with Crippen molar-refractivity contribution in [3.63, 3.8) is 0 Å². The van der Waals surface area contributed by atoms with Gasteiger partial charge >= 0.3 is 0 Å². The molecule has 5 heteroatoms. The molecule has 0 radical (unpaired) electrons. The minimum Gasteiger partial charge on any atom is -0.355 e. The largest absolute Gasteiger partial charge is 0.355 e. The van der Waals surface area contributed by atoms with E-state index in [4.69, 9.17) is 0 Å². The van der Waals surface area contributed by atoms with Gasteiger partial charge in [0.05, 0.1) is 5.69 Å². The molecule has 2 heterocycles. The summed E-state index contributed by atoms with van der Waals surface area (Å²) in [7, 11) is 0. The summed E-state index contributed by atoms with van der Waals surface area (Å²) in [6.07, 6.45) is 6.22. The average Bonchev–Trinajstić information content (AvgIpc) is 3.08. The highest BCUT2D eigenvalue weighted by molar-refractivity contribution is 5.91. The molecule has 3 aromatic rings. The molecule has 1 N–H and O–H groups in total. The molecule has 1 saturated heterocycles. The standard InChI is InChI=1S/C25H28N4O/c30-25(16-13-20-9-4-3-5-10-20)26-22-12-8-11-21(19-22)23-14-15-24(28-27-23)29-17-6-1-2-7-18-29/h3-5,8-12,14-15,19H,1-2,6-7,13,16-18H2,(H,26,30). The van der Waals surface area contributed by atoms with Gasteiger partial charge in [-0.25, -0.2) is 0 Å². The molecular weight excluding hydrogens is 372 g/mol. The molecule has 0 spiro atoms. The van der Waals surface area contributed by atoms with Crippen LogP contribution in [-0.2, 0) is 11.2 Å². The third-order valence-electron chi connectivity index (χ3n) is 5.51. The fourth-order valence-corrected chi connectivity index (χ4v) is 3.83. The number of anilines is 2. The quantitative estimate of drug-likeness (QED) is 0.626. The maximum Gasteiger partial charge on any atom is 0.224 e.